The maximum atomic E-state index is 12.6. The molecule has 0 aromatic heterocycles. The number of imide groups is 1. The number of ether oxygens (including phenoxy) is 2. The molecule has 1 aliphatic heterocycles. The van der Waals surface area contributed by atoms with Gasteiger partial charge in [0, 0.05) is 6.54 Å². The van der Waals surface area contributed by atoms with E-state index in [0.717, 1.165) is 16.2 Å². The van der Waals surface area contributed by atoms with E-state index in [1.54, 1.807) is 31.0 Å². The quantitative estimate of drug-likeness (QED) is 0.412. The van der Waals surface area contributed by atoms with Gasteiger partial charge in [0.05, 0.1) is 33.3 Å². The molecule has 1 aliphatic rings. The molecule has 2 atom stereocenters. The van der Waals surface area contributed by atoms with E-state index in [9.17, 15) is 19.5 Å². The van der Waals surface area contributed by atoms with E-state index in [-0.39, 0.29) is 31.5 Å². The molecule has 10 heteroatoms. The molecule has 1 aromatic rings. The molecule has 0 spiro atoms. The lowest BCUT2D eigenvalue weighted by atomic mass is 10.1. The predicted molar refractivity (Wildman–Crippen MR) is 114 cm³/mol. The molecule has 0 saturated carbocycles. The lowest BCUT2D eigenvalue weighted by molar-refractivity contribution is -0.131. The number of nitrogens with one attached hydrogen (secondary N) is 2. The number of aliphatic hydroxyl groups excluding tert-OH is 1. The fourth-order valence-electron chi connectivity index (χ4n) is 3.15. The summed E-state index contributed by atoms with van der Waals surface area (Å²) in [5.41, 5.74) is 0.883. The highest BCUT2D eigenvalue weighted by molar-refractivity contribution is 7.98. The Morgan fingerprint density at radius 1 is 1.30 bits per heavy atom. The van der Waals surface area contributed by atoms with Gasteiger partial charge in [-0.2, -0.15) is 11.8 Å². The highest BCUT2D eigenvalue weighted by atomic mass is 32.2. The van der Waals surface area contributed by atoms with Gasteiger partial charge in [-0.25, -0.2) is 4.79 Å². The standard InChI is InChI=1S/C20H29N3O6S/c1-28-16-5-4-13(10-17(16)29-2)6-8-23-19(26)15(22-20(23)27)11-18(25)21-14(12-24)7-9-30-3/h4-5,10,14-15,24H,6-9,11-12H2,1-3H3,(H,21,25)(H,22,27)/t14-,15-/m0/s1. The lowest BCUT2D eigenvalue weighted by Crippen LogP contribution is -2.42. The summed E-state index contributed by atoms with van der Waals surface area (Å²) in [5.74, 6) is 1.16. The van der Waals surface area contributed by atoms with Crippen molar-refractivity contribution in [2.45, 2.75) is 31.3 Å². The molecule has 1 heterocycles. The van der Waals surface area contributed by atoms with Crippen LogP contribution in [0.15, 0.2) is 18.2 Å². The van der Waals surface area contributed by atoms with Crippen molar-refractivity contribution in [1.82, 2.24) is 15.5 Å². The number of urea groups is 1. The van der Waals surface area contributed by atoms with E-state index in [1.807, 2.05) is 12.3 Å². The number of rotatable bonds is 12. The first-order valence-corrected chi connectivity index (χ1v) is 11.0. The first-order chi connectivity index (χ1) is 14.4. The van der Waals surface area contributed by atoms with Crippen molar-refractivity contribution in [2.75, 3.05) is 39.4 Å². The first-order valence-electron chi connectivity index (χ1n) is 9.65. The van der Waals surface area contributed by atoms with E-state index in [1.165, 1.54) is 7.11 Å². The summed E-state index contributed by atoms with van der Waals surface area (Å²) in [7, 11) is 3.09. The van der Waals surface area contributed by atoms with Gasteiger partial charge in [0.25, 0.3) is 5.91 Å². The number of hydrogen-bond acceptors (Lipinski definition) is 7. The second-order valence-corrected chi connectivity index (χ2v) is 7.85. The molecule has 1 saturated heterocycles. The smallest absolute Gasteiger partial charge is 0.324 e. The molecular formula is C20H29N3O6S. The van der Waals surface area contributed by atoms with Gasteiger partial charge in [-0.3, -0.25) is 14.5 Å². The van der Waals surface area contributed by atoms with Crippen LogP contribution < -0.4 is 20.1 Å². The van der Waals surface area contributed by atoms with E-state index in [4.69, 9.17) is 9.47 Å². The Balaban J connectivity index is 1.90. The van der Waals surface area contributed by atoms with Gasteiger partial charge in [-0.05, 0) is 42.5 Å². The fourth-order valence-corrected chi connectivity index (χ4v) is 3.67. The Bertz CT molecular complexity index is 760. The third-order valence-electron chi connectivity index (χ3n) is 4.82. The lowest BCUT2D eigenvalue weighted by Gasteiger charge is -2.17. The number of nitrogens with zero attached hydrogens (tertiary/aromatic N) is 1. The van der Waals surface area contributed by atoms with Crippen LogP contribution in [0, 0.1) is 0 Å². The average Bonchev–Trinajstić information content (AvgIpc) is 3.01. The van der Waals surface area contributed by atoms with Crippen LogP contribution in [0.25, 0.3) is 0 Å². The van der Waals surface area contributed by atoms with Crippen molar-refractivity contribution in [3.8, 4) is 11.5 Å². The molecule has 9 nitrogen and oxygen atoms in total. The van der Waals surface area contributed by atoms with Crippen molar-refractivity contribution >= 4 is 29.6 Å². The number of thioether (sulfide) groups is 1. The number of aliphatic hydroxyl groups is 1. The number of carbonyl (C=O) groups is 3. The van der Waals surface area contributed by atoms with Crippen LogP contribution in [-0.2, 0) is 16.0 Å². The number of hydrogen-bond donors (Lipinski definition) is 3. The summed E-state index contributed by atoms with van der Waals surface area (Å²) in [5, 5.41) is 14.6. The van der Waals surface area contributed by atoms with Crippen LogP contribution in [0.3, 0.4) is 0 Å². The zero-order valence-corrected chi connectivity index (χ0v) is 18.3. The summed E-state index contributed by atoms with van der Waals surface area (Å²) >= 11 is 1.62. The zero-order chi connectivity index (χ0) is 22.1. The molecule has 2 rings (SSSR count). The zero-order valence-electron chi connectivity index (χ0n) is 17.5. The highest BCUT2D eigenvalue weighted by Crippen LogP contribution is 2.27. The summed E-state index contributed by atoms with van der Waals surface area (Å²) < 4.78 is 10.5. The third kappa shape index (κ3) is 6.27. The van der Waals surface area contributed by atoms with Gasteiger partial charge in [0.1, 0.15) is 6.04 Å². The first kappa shape index (κ1) is 23.8. The normalized spacial score (nSPS) is 16.9. The molecule has 0 bridgehead atoms. The molecule has 30 heavy (non-hydrogen) atoms. The topological polar surface area (TPSA) is 117 Å². The van der Waals surface area contributed by atoms with Gasteiger partial charge in [-0.1, -0.05) is 6.07 Å². The number of amides is 4. The number of carbonyl (C=O) groups excluding carboxylic acids is 3. The van der Waals surface area contributed by atoms with Gasteiger partial charge in [0.2, 0.25) is 5.91 Å². The van der Waals surface area contributed by atoms with E-state index >= 15 is 0 Å². The maximum Gasteiger partial charge on any atom is 0.324 e. The van der Waals surface area contributed by atoms with Crippen molar-refractivity contribution in [2.24, 2.45) is 0 Å². The van der Waals surface area contributed by atoms with Gasteiger partial charge >= 0.3 is 6.03 Å². The second-order valence-electron chi connectivity index (χ2n) is 6.86. The van der Waals surface area contributed by atoms with E-state index in [2.05, 4.69) is 10.6 Å². The van der Waals surface area contributed by atoms with Crippen LogP contribution in [-0.4, -0.2) is 79.3 Å². The Labute approximate surface area is 180 Å². The number of benzene rings is 1. The molecular weight excluding hydrogens is 410 g/mol. The molecule has 3 N–H and O–H groups in total. The minimum atomic E-state index is -0.900. The summed E-state index contributed by atoms with van der Waals surface area (Å²) in [6.07, 6.45) is 2.86. The summed E-state index contributed by atoms with van der Waals surface area (Å²) in [6, 6.07) is 3.63. The predicted octanol–water partition coefficient (Wildman–Crippen LogP) is 0.787. The summed E-state index contributed by atoms with van der Waals surface area (Å²) in [4.78, 5) is 38.1. The third-order valence-corrected chi connectivity index (χ3v) is 5.47. The Kier molecular flexibility index (Phi) is 9.25. The fraction of sp³-hybridized carbons (Fsp3) is 0.550. The van der Waals surface area contributed by atoms with E-state index < -0.39 is 18.0 Å². The van der Waals surface area contributed by atoms with Crippen LogP contribution in [0.4, 0.5) is 4.79 Å². The minimum Gasteiger partial charge on any atom is -0.493 e. The molecule has 4 amide bonds. The Morgan fingerprint density at radius 3 is 2.67 bits per heavy atom. The average molecular weight is 440 g/mol. The molecule has 1 aromatic carbocycles. The summed E-state index contributed by atoms with van der Waals surface area (Å²) in [6.45, 7) is 0.0139. The van der Waals surface area contributed by atoms with Crippen molar-refractivity contribution in [3.63, 3.8) is 0 Å². The SMILES string of the molecule is COc1ccc(CCN2C(=O)N[C@@H](CC(=O)N[C@H](CO)CCSC)C2=O)cc1OC. The van der Waals surface area contributed by atoms with Crippen molar-refractivity contribution < 1.29 is 29.0 Å². The number of methoxy groups -OCH3 is 2. The highest BCUT2D eigenvalue weighted by Gasteiger charge is 2.38. The largest absolute Gasteiger partial charge is 0.493 e. The molecule has 0 aliphatic carbocycles. The monoisotopic (exact) mass is 439 g/mol. The van der Waals surface area contributed by atoms with Gasteiger partial charge < -0.3 is 25.2 Å². The second kappa shape index (κ2) is 11.7. The van der Waals surface area contributed by atoms with Crippen LogP contribution in [0.1, 0.15) is 18.4 Å². The van der Waals surface area contributed by atoms with Crippen molar-refractivity contribution in [1.29, 1.82) is 0 Å². The Morgan fingerprint density at radius 2 is 2.03 bits per heavy atom. The molecule has 166 valence electrons. The van der Waals surface area contributed by atoms with Crippen LogP contribution >= 0.6 is 11.8 Å². The van der Waals surface area contributed by atoms with Crippen molar-refractivity contribution in [3.05, 3.63) is 23.8 Å². The maximum absolute atomic E-state index is 12.6. The molecule has 0 unspecified atom stereocenters. The van der Waals surface area contributed by atoms with Gasteiger partial charge in [0.15, 0.2) is 11.5 Å². The minimum absolute atomic E-state index is 0.160. The Hall–Kier alpha value is -2.46. The van der Waals surface area contributed by atoms with Crippen LogP contribution in [0.2, 0.25) is 0 Å². The van der Waals surface area contributed by atoms with E-state index in [0.29, 0.717) is 24.3 Å². The molecule has 0 radical (unpaired) electrons. The molecule has 1 fully saturated rings. The van der Waals surface area contributed by atoms with Gasteiger partial charge in [-0.15, -0.1) is 0 Å². The van der Waals surface area contributed by atoms with Crippen LogP contribution in [0.5, 0.6) is 11.5 Å².